The molecular weight excluding hydrogens is 697 g/mol. The molecule has 1 N–H and O–H groups in total. The van der Waals surface area contributed by atoms with Crippen molar-refractivity contribution in [3.05, 3.63) is 117 Å². The van der Waals surface area contributed by atoms with Gasteiger partial charge in [-0.05, 0) is 73.2 Å². The molecule has 268 valence electrons. The molecule has 2 aliphatic heterocycles. The number of halogens is 6. The van der Waals surface area contributed by atoms with Crippen LogP contribution in [-0.4, -0.2) is 54.7 Å². The number of rotatable bonds is 10. The fourth-order valence-electron chi connectivity index (χ4n) is 6.30. The summed E-state index contributed by atoms with van der Waals surface area (Å²) in [6, 6.07) is 18.0. The number of piperidine rings is 1. The molecule has 0 unspecified atom stereocenters. The molecule has 0 radical (unpaired) electrons. The lowest BCUT2D eigenvalue weighted by atomic mass is 9.97. The highest BCUT2D eigenvalue weighted by Crippen LogP contribution is 2.38. The van der Waals surface area contributed by atoms with Crippen LogP contribution < -0.4 is 20.4 Å². The summed E-state index contributed by atoms with van der Waals surface area (Å²) in [5.74, 6) is -1.83. The van der Waals surface area contributed by atoms with Gasteiger partial charge in [-0.1, -0.05) is 53.6 Å². The van der Waals surface area contributed by atoms with Gasteiger partial charge in [0.05, 0.1) is 11.4 Å². The summed E-state index contributed by atoms with van der Waals surface area (Å²) in [5, 5.41) is 3.11. The Kier molecular flexibility index (Phi) is 10.4. The average molecular weight is 730 g/mol. The first kappa shape index (κ1) is 35.9. The van der Waals surface area contributed by atoms with E-state index in [1.807, 2.05) is 41.3 Å². The number of nitrogens with zero attached hydrogens (tertiary/aromatic N) is 2. The van der Waals surface area contributed by atoms with Gasteiger partial charge in [-0.15, -0.1) is 0 Å². The maximum atomic E-state index is 13.5. The van der Waals surface area contributed by atoms with E-state index in [1.54, 1.807) is 12.1 Å². The fourth-order valence-corrected chi connectivity index (χ4v) is 6.42. The lowest BCUT2D eigenvalue weighted by molar-refractivity contribution is -0.360. The first-order valence-corrected chi connectivity index (χ1v) is 16.7. The molecule has 0 spiro atoms. The Morgan fingerprint density at radius 3 is 2.35 bits per heavy atom. The van der Waals surface area contributed by atoms with Crippen molar-refractivity contribution in [1.29, 1.82) is 0 Å². The Balaban J connectivity index is 1.18. The van der Waals surface area contributed by atoms with Crippen LogP contribution in [0.5, 0.6) is 5.75 Å². The third-order valence-electron chi connectivity index (χ3n) is 8.89. The van der Waals surface area contributed by atoms with Crippen LogP contribution >= 0.6 is 11.6 Å². The van der Waals surface area contributed by atoms with Gasteiger partial charge in [-0.3, -0.25) is 14.4 Å². The molecular formula is C37H33ClF5N3O5. The number of anilines is 1. The molecule has 3 heterocycles. The fraction of sp³-hybridized carbons (Fsp3) is 0.324. The number of hydrogen-bond acceptors (Lipinski definition) is 6. The molecule has 0 bridgehead atoms. The highest BCUT2D eigenvalue weighted by molar-refractivity contribution is 6.30. The van der Waals surface area contributed by atoms with Crippen molar-refractivity contribution in [3.8, 4) is 5.75 Å². The van der Waals surface area contributed by atoms with Gasteiger partial charge in [-0.2, -0.15) is 22.0 Å². The normalized spacial score (nSPS) is 16.0. The van der Waals surface area contributed by atoms with E-state index in [0.29, 0.717) is 43.3 Å². The molecule has 8 nitrogen and oxygen atoms in total. The molecule has 4 aromatic rings. The number of benzene rings is 3. The van der Waals surface area contributed by atoms with E-state index in [4.69, 9.17) is 16.0 Å². The molecule has 1 aromatic heterocycles. The zero-order valence-electron chi connectivity index (χ0n) is 27.2. The van der Waals surface area contributed by atoms with Crippen LogP contribution in [0.2, 0.25) is 5.02 Å². The maximum absolute atomic E-state index is 13.5. The van der Waals surface area contributed by atoms with E-state index in [1.165, 1.54) is 0 Å². The second kappa shape index (κ2) is 14.7. The van der Waals surface area contributed by atoms with Crippen molar-refractivity contribution in [2.75, 3.05) is 24.5 Å². The minimum absolute atomic E-state index is 0.168. The Morgan fingerprint density at radius 2 is 1.67 bits per heavy atom. The molecule has 2 fully saturated rings. The first-order valence-electron chi connectivity index (χ1n) is 16.3. The number of amides is 2. The smallest absolute Gasteiger partial charge is 0.451 e. The average Bonchev–Trinajstić information content (AvgIpc) is 3.49. The summed E-state index contributed by atoms with van der Waals surface area (Å²) in [4.78, 5) is 42.8. The SMILES string of the molecule is O=C(N[C@H](C=C1CCN(c2ccccc2CN2CCCC2=O)CC1)Cc1ccc(Cl)cc1)c1cc(=O)c2cc(OC(F)(F)C(F)(F)F)ccc2o1. The second-order valence-corrected chi connectivity index (χ2v) is 13.0. The molecule has 51 heavy (non-hydrogen) atoms. The largest absolute Gasteiger partial charge is 0.499 e. The maximum Gasteiger partial charge on any atom is 0.499 e. The van der Waals surface area contributed by atoms with Crippen molar-refractivity contribution in [1.82, 2.24) is 10.2 Å². The third-order valence-corrected chi connectivity index (χ3v) is 9.14. The Morgan fingerprint density at radius 1 is 0.941 bits per heavy atom. The Bertz CT molecular complexity index is 2000. The molecule has 6 rings (SSSR count). The number of alkyl halides is 5. The van der Waals surface area contributed by atoms with Gasteiger partial charge in [0.15, 0.2) is 11.2 Å². The van der Waals surface area contributed by atoms with Gasteiger partial charge in [0, 0.05) is 49.4 Å². The van der Waals surface area contributed by atoms with Gasteiger partial charge in [0.25, 0.3) is 5.91 Å². The highest BCUT2D eigenvalue weighted by Gasteiger charge is 2.61. The number of carbonyl (C=O) groups is 2. The lowest BCUT2D eigenvalue weighted by Gasteiger charge is -2.33. The van der Waals surface area contributed by atoms with E-state index < -0.39 is 35.4 Å². The van der Waals surface area contributed by atoms with Crippen LogP contribution in [0.25, 0.3) is 11.0 Å². The topological polar surface area (TPSA) is 92.1 Å². The summed E-state index contributed by atoms with van der Waals surface area (Å²) in [6.45, 7) is 2.76. The number of fused-ring (bicyclic) bond motifs is 1. The quantitative estimate of drug-likeness (QED) is 0.133. The minimum Gasteiger partial charge on any atom is -0.451 e. The van der Waals surface area contributed by atoms with Crippen molar-refractivity contribution >= 4 is 40.1 Å². The van der Waals surface area contributed by atoms with E-state index in [0.717, 1.165) is 66.6 Å². The van der Waals surface area contributed by atoms with Crippen LogP contribution in [-0.2, 0) is 17.8 Å². The number of carbonyl (C=O) groups excluding carboxylic acids is 2. The molecule has 3 aromatic carbocycles. The van der Waals surface area contributed by atoms with Crippen molar-refractivity contribution in [2.45, 2.75) is 57.0 Å². The molecule has 0 aliphatic carbocycles. The van der Waals surface area contributed by atoms with Gasteiger partial charge in [-0.25, -0.2) is 0 Å². The Labute approximate surface area is 294 Å². The van der Waals surface area contributed by atoms with Gasteiger partial charge < -0.3 is 24.3 Å². The van der Waals surface area contributed by atoms with E-state index in [2.05, 4.69) is 21.0 Å². The van der Waals surface area contributed by atoms with Crippen LogP contribution in [0.4, 0.5) is 27.6 Å². The highest BCUT2D eigenvalue weighted by atomic mass is 35.5. The van der Waals surface area contributed by atoms with Crippen LogP contribution in [0.1, 0.15) is 47.4 Å². The van der Waals surface area contributed by atoms with Crippen LogP contribution in [0, 0.1) is 0 Å². The van der Waals surface area contributed by atoms with Gasteiger partial charge >= 0.3 is 12.3 Å². The van der Waals surface area contributed by atoms with E-state index in [9.17, 15) is 36.3 Å². The molecule has 14 heteroatoms. The summed E-state index contributed by atoms with van der Waals surface area (Å²) in [7, 11) is 0. The lowest BCUT2D eigenvalue weighted by Crippen LogP contribution is -2.41. The van der Waals surface area contributed by atoms with Gasteiger partial charge in [0.2, 0.25) is 5.91 Å². The number of para-hydroxylation sites is 1. The molecule has 2 saturated heterocycles. The van der Waals surface area contributed by atoms with Crippen molar-refractivity contribution in [3.63, 3.8) is 0 Å². The van der Waals surface area contributed by atoms with Crippen molar-refractivity contribution < 1.29 is 40.7 Å². The summed E-state index contributed by atoms with van der Waals surface area (Å²) in [5.41, 5.74) is 3.13. The van der Waals surface area contributed by atoms with Crippen LogP contribution in [0.3, 0.4) is 0 Å². The zero-order chi connectivity index (χ0) is 36.3. The summed E-state index contributed by atoms with van der Waals surface area (Å²) in [6.07, 6.45) is -6.20. The second-order valence-electron chi connectivity index (χ2n) is 12.5. The molecule has 2 amide bonds. The number of ether oxygens (including phenoxy) is 1. The predicted octanol–water partition coefficient (Wildman–Crippen LogP) is 7.67. The monoisotopic (exact) mass is 729 g/mol. The molecule has 2 aliphatic rings. The minimum atomic E-state index is -5.97. The zero-order valence-corrected chi connectivity index (χ0v) is 27.9. The molecule has 0 saturated carbocycles. The Hall–Kier alpha value is -4.91. The standard InChI is InChI=1S/C37H33ClF5N3O5/c38-26-9-7-23(8-10-26)18-27(19-24-13-16-45(17-14-24)30-5-2-1-4-25(30)22-46-15-3-6-34(46)48)44-35(49)33-21-31(47)29-20-28(11-12-32(29)50-33)51-37(42,43)36(39,40)41/h1-2,4-5,7-12,19-21,27H,3,6,13-18,22H2,(H,44,49)/t27-/m0/s1. The van der Waals surface area contributed by atoms with E-state index in [-0.39, 0.29) is 22.6 Å². The summed E-state index contributed by atoms with van der Waals surface area (Å²) >= 11 is 6.08. The first-order chi connectivity index (χ1) is 24.3. The van der Waals surface area contributed by atoms with Gasteiger partial charge in [0.1, 0.15) is 11.3 Å². The molecule has 1 atom stereocenters. The summed E-state index contributed by atoms with van der Waals surface area (Å²) < 4.78 is 74.1. The number of likely N-dealkylation sites (tertiary alicyclic amines) is 1. The number of hydrogen-bond donors (Lipinski definition) is 1. The van der Waals surface area contributed by atoms with Crippen LogP contribution in [0.15, 0.2) is 93.7 Å². The number of nitrogens with one attached hydrogen (secondary N) is 1. The predicted molar refractivity (Wildman–Crippen MR) is 181 cm³/mol. The van der Waals surface area contributed by atoms with E-state index >= 15 is 0 Å². The van der Waals surface area contributed by atoms with Crippen molar-refractivity contribution in [2.24, 2.45) is 0 Å². The third kappa shape index (κ3) is 8.53.